The molecule has 0 aliphatic heterocycles. The first-order valence-corrected chi connectivity index (χ1v) is 7.27. The maximum atomic E-state index is 11.9. The van der Waals surface area contributed by atoms with E-state index < -0.39 is 17.9 Å². The fourth-order valence-corrected chi connectivity index (χ4v) is 2.24. The monoisotopic (exact) mass is 316 g/mol. The molecule has 23 heavy (non-hydrogen) atoms. The molecular weight excluding hydrogens is 296 g/mol. The fourth-order valence-electron chi connectivity index (χ4n) is 2.24. The summed E-state index contributed by atoms with van der Waals surface area (Å²) in [7, 11) is 0. The van der Waals surface area contributed by atoms with Crippen molar-refractivity contribution < 1.29 is 19.1 Å². The molecule has 122 valence electrons. The highest BCUT2D eigenvalue weighted by atomic mass is 16.4. The Kier molecular flexibility index (Phi) is 5.18. The highest BCUT2D eigenvalue weighted by Crippen LogP contribution is 2.15. The van der Waals surface area contributed by atoms with Gasteiger partial charge in [-0.2, -0.15) is 0 Å². The normalized spacial score (nSPS) is 11.8. The second kappa shape index (κ2) is 7.11. The van der Waals surface area contributed by atoms with Crippen molar-refractivity contribution in [3.05, 3.63) is 53.0 Å². The van der Waals surface area contributed by atoms with Crippen LogP contribution in [-0.2, 0) is 9.59 Å². The van der Waals surface area contributed by atoms with Crippen LogP contribution in [0.5, 0.6) is 0 Å². The van der Waals surface area contributed by atoms with Crippen molar-refractivity contribution in [2.75, 3.05) is 11.9 Å². The van der Waals surface area contributed by atoms with E-state index in [0.717, 1.165) is 11.1 Å². The molecule has 2 rings (SSSR count). The zero-order valence-corrected chi connectivity index (χ0v) is 13.3. The van der Waals surface area contributed by atoms with Gasteiger partial charge in [0.2, 0.25) is 0 Å². The fraction of sp³-hybridized carbons (Fsp3) is 0.294. The summed E-state index contributed by atoms with van der Waals surface area (Å²) in [6.07, 6.45) is -0.998. The number of aliphatic hydroxyl groups is 1. The summed E-state index contributed by atoms with van der Waals surface area (Å²) < 4.78 is 5.26. The first-order chi connectivity index (χ1) is 10.8. The van der Waals surface area contributed by atoms with Crippen LogP contribution in [-0.4, -0.2) is 23.5 Å². The zero-order chi connectivity index (χ0) is 17.0. The highest BCUT2D eigenvalue weighted by Gasteiger charge is 2.17. The molecule has 3 N–H and O–H groups in total. The average molecular weight is 316 g/mol. The molecule has 0 bridgehead atoms. The molecule has 0 aliphatic carbocycles. The molecule has 0 aliphatic rings. The Balaban J connectivity index is 1.88. The largest absolute Gasteiger partial charge is 0.464 e. The third kappa shape index (κ3) is 4.69. The average Bonchev–Trinajstić information content (AvgIpc) is 2.89. The second-order valence-electron chi connectivity index (χ2n) is 5.50. The second-order valence-corrected chi connectivity index (χ2v) is 5.50. The maximum Gasteiger partial charge on any atom is 0.313 e. The first-order valence-electron chi connectivity index (χ1n) is 7.27. The Morgan fingerprint density at radius 1 is 1.09 bits per heavy atom. The molecule has 0 spiro atoms. The van der Waals surface area contributed by atoms with E-state index in [1.165, 1.54) is 0 Å². The van der Waals surface area contributed by atoms with Gasteiger partial charge in [-0.25, -0.2) is 0 Å². The lowest BCUT2D eigenvalue weighted by Gasteiger charge is -2.10. The van der Waals surface area contributed by atoms with Crippen LogP contribution < -0.4 is 10.6 Å². The molecule has 0 fully saturated rings. The Morgan fingerprint density at radius 3 is 2.30 bits per heavy atom. The molecule has 2 amide bonds. The van der Waals surface area contributed by atoms with Crippen molar-refractivity contribution >= 4 is 17.5 Å². The smallest absolute Gasteiger partial charge is 0.313 e. The lowest BCUT2D eigenvalue weighted by molar-refractivity contribution is -0.136. The molecule has 1 aromatic carbocycles. The van der Waals surface area contributed by atoms with Gasteiger partial charge in [0, 0.05) is 5.69 Å². The van der Waals surface area contributed by atoms with Gasteiger partial charge in [-0.15, -0.1) is 0 Å². The first kappa shape index (κ1) is 16.8. The van der Waals surface area contributed by atoms with E-state index in [4.69, 9.17) is 4.42 Å². The number of hydrogen-bond donors (Lipinski definition) is 3. The lowest BCUT2D eigenvalue weighted by Crippen LogP contribution is -2.37. The number of benzene rings is 1. The molecule has 1 heterocycles. The van der Waals surface area contributed by atoms with Crippen molar-refractivity contribution in [2.24, 2.45) is 0 Å². The topological polar surface area (TPSA) is 91.6 Å². The van der Waals surface area contributed by atoms with Crippen LogP contribution >= 0.6 is 0 Å². The van der Waals surface area contributed by atoms with Gasteiger partial charge in [-0.3, -0.25) is 9.59 Å². The number of furan rings is 1. The van der Waals surface area contributed by atoms with Crippen LogP contribution in [0.25, 0.3) is 0 Å². The summed E-state index contributed by atoms with van der Waals surface area (Å²) in [4.78, 5) is 23.7. The lowest BCUT2D eigenvalue weighted by atomic mass is 10.1. The van der Waals surface area contributed by atoms with Gasteiger partial charge < -0.3 is 20.2 Å². The van der Waals surface area contributed by atoms with Crippen LogP contribution in [0.4, 0.5) is 5.69 Å². The Morgan fingerprint density at radius 2 is 1.74 bits per heavy atom. The van der Waals surface area contributed by atoms with Crippen molar-refractivity contribution in [2.45, 2.75) is 26.9 Å². The third-order valence-electron chi connectivity index (χ3n) is 3.23. The van der Waals surface area contributed by atoms with Gasteiger partial charge in [0.05, 0.1) is 6.54 Å². The van der Waals surface area contributed by atoms with E-state index in [-0.39, 0.29) is 6.54 Å². The number of aryl methyl sites for hydroxylation is 3. The molecule has 6 nitrogen and oxygen atoms in total. The van der Waals surface area contributed by atoms with Crippen molar-refractivity contribution in [3.63, 3.8) is 0 Å². The van der Waals surface area contributed by atoms with Crippen LogP contribution in [0, 0.1) is 20.8 Å². The van der Waals surface area contributed by atoms with Crippen molar-refractivity contribution in [1.82, 2.24) is 5.32 Å². The van der Waals surface area contributed by atoms with Gasteiger partial charge in [0.25, 0.3) is 0 Å². The quantitative estimate of drug-likeness (QED) is 0.752. The molecule has 0 radical (unpaired) electrons. The molecule has 2 aromatic rings. The minimum atomic E-state index is -0.998. The predicted octanol–water partition coefficient (Wildman–Crippen LogP) is 1.99. The molecule has 1 atom stereocenters. The maximum absolute atomic E-state index is 11.9. The number of anilines is 1. The number of carbonyl (C=O) groups is 2. The van der Waals surface area contributed by atoms with Gasteiger partial charge in [-0.1, -0.05) is 6.07 Å². The van der Waals surface area contributed by atoms with E-state index in [1.807, 2.05) is 19.9 Å². The Bertz CT molecular complexity index is 701. The van der Waals surface area contributed by atoms with Crippen LogP contribution in [0.15, 0.2) is 34.7 Å². The number of nitrogens with one attached hydrogen (secondary N) is 2. The van der Waals surface area contributed by atoms with E-state index in [0.29, 0.717) is 17.2 Å². The minimum Gasteiger partial charge on any atom is -0.464 e. The Labute approximate surface area is 134 Å². The number of hydrogen-bond acceptors (Lipinski definition) is 4. The molecule has 0 saturated heterocycles. The zero-order valence-electron chi connectivity index (χ0n) is 13.3. The SMILES string of the molecule is Cc1cc(C)cc(NC(=O)C(=O)NCC(O)c2ccc(C)o2)c1. The predicted molar refractivity (Wildman–Crippen MR) is 86.0 cm³/mol. The highest BCUT2D eigenvalue weighted by molar-refractivity contribution is 6.39. The summed E-state index contributed by atoms with van der Waals surface area (Å²) in [6.45, 7) is 5.47. The van der Waals surface area contributed by atoms with Crippen molar-refractivity contribution in [3.8, 4) is 0 Å². The molecular formula is C17H20N2O4. The molecule has 1 aromatic heterocycles. The van der Waals surface area contributed by atoms with E-state index in [2.05, 4.69) is 10.6 Å². The summed E-state index contributed by atoms with van der Waals surface area (Å²) in [5.41, 5.74) is 2.54. The van der Waals surface area contributed by atoms with Crippen LogP contribution in [0.1, 0.15) is 28.8 Å². The number of amides is 2. The van der Waals surface area contributed by atoms with Crippen molar-refractivity contribution in [1.29, 1.82) is 0 Å². The summed E-state index contributed by atoms with van der Waals surface area (Å²) in [5, 5.41) is 14.8. The molecule has 6 heteroatoms. The van der Waals surface area contributed by atoms with Gasteiger partial charge >= 0.3 is 11.8 Å². The third-order valence-corrected chi connectivity index (χ3v) is 3.23. The standard InChI is InChI=1S/C17H20N2O4/c1-10-6-11(2)8-13(7-10)19-17(22)16(21)18-9-14(20)15-5-4-12(3)23-15/h4-8,14,20H,9H2,1-3H3,(H,18,21)(H,19,22). The molecule has 0 saturated carbocycles. The van der Waals surface area contributed by atoms with Gasteiger partial charge in [0.1, 0.15) is 17.6 Å². The number of aliphatic hydroxyl groups excluding tert-OH is 1. The summed E-state index contributed by atoms with van der Waals surface area (Å²) in [5.74, 6) is -0.584. The van der Waals surface area contributed by atoms with Gasteiger partial charge in [-0.05, 0) is 56.2 Å². The summed E-state index contributed by atoms with van der Waals surface area (Å²) in [6, 6.07) is 8.86. The van der Waals surface area contributed by atoms with Crippen LogP contribution in [0.2, 0.25) is 0 Å². The van der Waals surface area contributed by atoms with Gasteiger partial charge in [0.15, 0.2) is 0 Å². The van der Waals surface area contributed by atoms with E-state index >= 15 is 0 Å². The molecule has 1 unspecified atom stereocenters. The number of rotatable bonds is 4. The number of carbonyl (C=O) groups excluding carboxylic acids is 2. The van der Waals surface area contributed by atoms with E-state index in [9.17, 15) is 14.7 Å². The van der Waals surface area contributed by atoms with E-state index in [1.54, 1.807) is 31.2 Å². The van der Waals surface area contributed by atoms with Crippen LogP contribution in [0.3, 0.4) is 0 Å². The summed E-state index contributed by atoms with van der Waals surface area (Å²) >= 11 is 0. The minimum absolute atomic E-state index is 0.105. The Hall–Kier alpha value is -2.60.